The van der Waals surface area contributed by atoms with Crippen molar-refractivity contribution >= 4 is 10.0 Å². The number of H-pyrrole nitrogens is 1. The number of benzene rings is 1. The molecule has 0 saturated carbocycles. The Morgan fingerprint density at radius 2 is 2.14 bits per heavy atom. The first-order chi connectivity index (χ1) is 13.6. The number of hydrogen-bond donors (Lipinski definition) is 1. The second-order valence-corrected chi connectivity index (χ2v) is 8.64. The van der Waals surface area contributed by atoms with Gasteiger partial charge in [-0.3, -0.25) is 10.1 Å². The molecule has 1 aliphatic rings. The van der Waals surface area contributed by atoms with E-state index in [4.69, 9.17) is 9.72 Å². The molecule has 1 aromatic carbocycles. The van der Waals surface area contributed by atoms with Crippen molar-refractivity contribution in [3.05, 3.63) is 54.7 Å². The van der Waals surface area contributed by atoms with E-state index in [-0.39, 0.29) is 10.8 Å². The highest BCUT2D eigenvalue weighted by Gasteiger charge is 2.32. The van der Waals surface area contributed by atoms with Crippen LogP contribution in [0.2, 0.25) is 0 Å². The quantitative estimate of drug-likeness (QED) is 0.707. The lowest BCUT2D eigenvalue weighted by atomic mass is 9.96. The number of nitrogens with zero attached hydrogens (tertiary/aromatic N) is 4. The van der Waals surface area contributed by atoms with Gasteiger partial charge in [0.2, 0.25) is 10.0 Å². The van der Waals surface area contributed by atoms with Gasteiger partial charge in [0, 0.05) is 37.0 Å². The molecule has 9 heteroatoms. The number of rotatable bonds is 5. The molecule has 3 heterocycles. The van der Waals surface area contributed by atoms with Gasteiger partial charge in [-0.1, -0.05) is 12.1 Å². The zero-order valence-corrected chi connectivity index (χ0v) is 16.3. The second-order valence-electron chi connectivity index (χ2n) is 6.70. The Balaban J connectivity index is 1.59. The molecule has 0 radical (unpaired) electrons. The predicted molar refractivity (Wildman–Crippen MR) is 103 cm³/mol. The van der Waals surface area contributed by atoms with Crippen LogP contribution in [-0.4, -0.2) is 53.1 Å². The van der Waals surface area contributed by atoms with E-state index in [0.29, 0.717) is 13.1 Å². The van der Waals surface area contributed by atoms with E-state index in [1.165, 1.54) is 16.7 Å². The molecule has 28 heavy (non-hydrogen) atoms. The van der Waals surface area contributed by atoms with E-state index in [9.17, 15) is 8.42 Å². The standard InChI is InChI=1S/C19H21N5O3S/c1-27-16-6-2-4-14(8-16)18-11-20-12-19(23-18)15-5-3-7-24(13-15)28(25,26)17-9-21-22-10-17/h2,4,6,8-12,15H,3,5,7,13H2,1H3,(H,21,22)/t15-/m1/s1. The van der Waals surface area contributed by atoms with Gasteiger partial charge in [0.25, 0.3) is 0 Å². The molecule has 146 valence electrons. The first kappa shape index (κ1) is 18.6. The largest absolute Gasteiger partial charge is 0.497 e. The summed E-state index contributed by atoms with van der Waals surface area (Å²) in [6.45, 7) is 0.872. The van der Waals surface area contributed by atoms with Gasteiger partial charge in [-0.2, -0.15) is 9.40 Å². The lowest BCUT2D eigenvalue weighted by Crippen LogP contribution is -2.39. The van der Waals surface area contributed by atoms with Crippen molar-refractivity contribution in [1.82, 2.24) is 24.5 Å². The number of methoxy groups -OCH3 is 1. The average Bonchev–Trinajstić information content (AvgIpc) is 3.30. The number of piperidine rings is 1. The van der Waals surface area contributed by atoms with Gasteiger partial charge in [0.1, 0.15) is 10.6 Å². The van der Waals surface area contributed by atoms with E-state index in [1.54, 1.807) is 19.5 Å². The molecule has 0 spiro atoms. The number of ether oxygens (including phenoxy) is 1. The van der Waals surface area contributed by atoms with Crippen molar-refractivity contribution in [2.45, 2.75) is 23.7 Å². The molecule has 0 aliphatic carbocycles. The molecule has 1 saturated heterocycles. The van der Waals surface area contributed by atoms with Crippen LogP contribution in [0, 0.1) is 0 Å². The van der Waals surface area contributed by atoms with Gasteiger partial charge in [-0.25, -0.2) is 13.4 Å². The monoisotopic (exact) mass is 399 g/mol. The number of aromatic nitrogens is 4. The molecular formula is C19H21N5O3S. The van der Waals surface area contributed by atoms with E-state index in [0.717, 1.165) is 35.5 Å². The summed E-state index contributed by atoms with van der Waals surface area (Å²) in [6, 6.07) is 7.64. The Bertz CT molecular complexity index is 1050. The van der Waals surface area contributed by atoms with Gasteiger partial charge >= 0.3 is 0 Å². The minimum atomic E-state index is -3.56. The lowest BCUT2D eigenvalue weighted by molar-refractivity contribution is 0.312. The molecule has 1 atom stereocenters. The molecule has 8 nitrogen and oxygen atoms in total. The summed E-state index contributed by atoms with van der Waals surface area (Å²) in [5.41, 5.74) is 2.45. The summed E-state index contributed by atoms with van der Waals surface area (Å²) in [5, 5.41) is 6.32. The van der Waals surface area contributed by atoms with Crippen LogP contribution >= 0.6 is 0 Å². The van der Waals surface area contributed by atoms with E-state index < -0.39 is 10.0 Å². The SMILES string of the molecule is COc1cccc(-c2cncc([C@@H]3CCCN(S(=O)(=O)c4cn[nH]c4)C3)n2)c1. The van der Waals surface area contributed by atoms with Gasteiger partial charge in [-0.15, -0.1) is 0 Å². The summed E-state index contributed by atoms with van der Waals surface area (Å²) in [5.74, 6) is 0.744. The van der Waals surface area contributed by atoms with Crippen LogP contribution in [-0.2, 0) is 10.0 Å². The van der Waals surface area contributed by atoms with Crippen LogP contribution in [0.25, 0.3) is 11.3 Å². The van der Waals surface area contributed by atoms with Crippen molar-refractivity contribution in [2.24, 2.45) is 0 Å². The molecule has 0 unspecified atom stereocenters. The third-order valence-corrected chi connectivity index (χ3v) is 6.76. The molecule has 0 bridgehead atoms. The van der Waals surface area contributed by atoms with Gasteiger partial charge in [-0.05, 0) is 25.0 Å². The van der Waals surface area contributed by atoms with Crippen LogP contribution < -0.4 is 4.74 Å². The fraction of sp³-hybridized carbons (Fsp3) is 0.316. The van der Waals surface area contributed by atoms with E-state index in [2.05, 4.69) is 15.2 Å². The zero-order chi connectivity index (χ0) is 19.6. The maximum atomic E-state index is 12.8. The number of nitrogens with one attached hydrogen (secondary N) is 1. The Kier molecular flexibility index (Phi) is 5.10. The van der Waals surface area contributed by atoms with E-state index >= 15 is 0 Å². The Morgan fingerprint density at radius 3 is 2.93 bits per heavy atom. The van der Waals surface area contributed by atoms with Crippen LogP contribution in [0.3, 0.4) is 0 Å². The summed E-state index contributed by atoms with van der Waals surface area (Å²) < 4.78 is 32.4. The minimum absolute atomic E-state index is 0.00603. The lowest BCUT2D eigenvalue weighted by Gasteiger charge is -2.31. The highest BCUT2D eigenvalue weighted by Crippen LogP contribution is 2.30. The summed E-state index contributed by atoms with van der Waals surface area (Å²) >= 11 is 0. The first-order valence-electron chi connectivity index (χ1n) is 9.03. The fourth-order valence-corrected chi connectivity index (χ4v) is 4.86. The molecule has 4 rings (SSSR count). The third-order valence-electron chi connectivity index (χ3n) is 4.93. The average molecular weight is 399 g/mol. The molecule has 3 aromatic rings. The van der Waals surface area contributed by atoms with Crippen molar-refractivity contribution in [2.75, 3.05) is 20.2 Å². The second kappa shape index (κ2) is 7.69. The smallest absolute Gasteiger partial charge is 0.246 e. The van der Waals surface area contributed by atoms with E-state index in [1.807, 2.05) is 24.3 Å². The van der Waals surface area contributed by atoms with Crippen LogP contribution in [0.4, 0.5) is 0 Å². The Morgan fingerprint density at radius 1 is 1.25 bits per heavy atom. The normalized spacial score (nSPS) is 18.1. The van der Waals surface area contributed by atoms with Crippen LogP contribution in [0.1, 0.15) is 24.5 Å². The molecule has 1 N–H and O–H groups in total. The summed E-state index contributed by atoms with van der Waals surface area (Å²) in [7, 11) is -1.93. The van der Waals surface area contributed by atoms with Gasteiger partial charge < -0.3 is 4.74 Å². The molecule has 2 aromatic heterocycles. The van der Waals surface area contributed by atoms with Gasteiger partial charge in [0.15, 0.2) is 0 Å². The maximum Gasteiger partial charge on any atom is 0.246 e. The molecule has 1 fully saturated rings. The summed E-state index contributed by atoms with van der Waals surface area (Å²) in [4.78, 5) is 9.29. The number of aromatic amines is 1. The van der Waals surface area contributed by atoms with Gasteiger partial charge in [0.05, 0.1) is 30.9 Å². The highest BCUT2D eigenvalue weighted by molar-refractivity contribution is 7.89. The third kappa shape index (κ3) is 3.63. The molecule has 1 aliphatic heterocycles. The van der Waals surface area contributed by atoms with Crippen LogP contribution in [0.5, 0.6) is 5.75 Å². The van der Waals surface area contributed by atoms with Crippen molar-refractivity contribution in [3.63, 3.8) is 0 Å². The first-order valence-corrected chi connectivity index (χ1v) is 10.5. The zero-order valence-electron chi connectivity index (χ0n) is 15.4. The number of hydrogen-bond acceptors (Lipinski definition) is 6. The van der Waals surface area contributed by atoms with Crippen LogP contribution in [0.15, 0.2) is 53.9 Å². The highest BCUT2D eigenvalue weighted by atomic mass is 32.2. The maximum absolute atomic E-state index is 12.8. The number of sulfonamides is 1. The fourth-order valence-electron chi connectivity index (χ4n) is 3.43. The summed E-state index contributed by atoms with van der Waals surface area (Å²) in [6.07, 6.45) is 7.81. The predicted octanol–water partition coefficient (Wildman–Crippen LogP) is 2.44. The molecular weight excluding hydrogens is 378 g/mol. The Labute approximate surface area is 163 Å². The van der Waals surface area contributed by atoms with Crippen molar-refractivity contribution < 1.29 is 13.2 Å². The van der Waals surface area contributed by atoms with Crippen molar-refractivity contribution in [1.29, 1.82) is 0 Å². The minimum Gasteiger partial charge on any atom is -0.497 e. The van der Waals surface area contributed by atoms with Crippen molar-refractivity contribution in [3.8, 4) is 17.0 Å². The Hall–Kier alpha value is -2.78. The molecule has 0 amide bonds. The topological polar surface area (TPSA) is 101 Å².